The summed E-state index contributed by atoms with van der Waals surface area (Å²) in [5, 5.41) is 0. The average molecular weight is 119 g/mol. The standard InChI is InChI=1S/C5H8FO2/c1-3-8-5(7)4(2)6/h3-4H,1-2H3. The molecule has 0 heterocycles. The van der Waals surface area contributed by atoms with Gasteiger partial charge < -0.3 is 4.74 Å². The summed E-state index contributed by atoms with van der Waals surface area (Å²) < 4.78 is 16.0. The van der Waals surface area contributed by atoms with E-state index in [1.165, 1.54) is 6.92 Å². The highest BCUT2D eigenvalue weighted by Gasteiger charge is 2.10. The molecule has 0 saturated heterocycles. The number of halogens is 1. The van der Waals surface area contributed by atoms with Gasteiger partial charge in [-0.25, -0.2) is 9.18 Å². The van der Waals surface area contributed by atoms with E-state index in [0.29, 0.717) is 0 Å². The molecule has 0 aliphatic carbocycles. The Hall–Kier alpha value is -0.600. The maximum atomic E-state index is 11.8. The largest absolute Gasteiger partial charge is 0.457 e. The van der Waals surface area contributed by atoms with Gasteiger partial charge in [-0.05, 0) is 13.8 Å². The van der Waals surface area contributed by atoms with Gasteiger partial charge in [0.25, 0.3) is 0 Å². The van der Waals surface area contributed by atoms with Crippen LogP contribution in [0.3, 0.4) is 0 Å². The van der Waals surface area contributed by atoms with Crippen LogP contribution in [-0.4, -0.2) is 12.1 Å². The van der Waals surface area contributed by atoms with Gasteiger partial charge in [-0.15, -0.1) is 0 Å². The lowest BCUT2D eigenvalue weighted by Gasteiger charge is -1.98. The molecule has 0 amide bonds. The lowest BCUT2D eigenvalue weighted by molar-refractivity contribution is -0.145. The molecule has 0 fully saturated rings. The Morgan fingerprint density at radius 3 is 2.50 bits per heavy atom. The highest BCUT2D eigenvalue weighted by Crippen LogP contribution is 1.92. The van der Waals surface area contributed by atoms with Crippen LogP contribution in [0.5, 0.6) is 0 Å². The Balaban J connectivity index is 3.33. The van der Waals surface area contributed by atoms with Gasteiger partial charge >= 0.3 is 5.97 Å². The zero-order chi connectivity index (χ0) is 6.57. The van der Waals surface area contributed by atoms with Crippen LogP contribution in [0.25, 0.3) is 0 Å². The van der Waals surface area contributed by atoms with E-state index in [2.05, 4.69) is 4.74 Å². The summed E-state index contributed by atoms with van der Waals surface area (Å²) in [6, 6.07) is 0. The van der Waals surface area contributed by atoms with E-state index >= 15 is 0 Å². The molecule has 0 aromatic carbocycles. The summed E-state index contributed by atoms with van der Waals surface area (Å²) in [7, 11) is 0. The van der Waals surface area contributed by atoms with Crippen LogP contribution in [0.1, 0.15) is 13.8 Å². The third-order valence-corrected chi connectivity index (χ3v) is 0.559. The van der Waals surface area contributed by atoms with Gasteiger partial charge in [-0.1, -0.05) is 0 Å². The van der Waals surface area contributed by atoms with E-state index in [0.717, 1.165) is 13.5 Å². The first-order chi connectivity index (χ1) is 3.68. The second-order valence-corrected chi connectivity index (χ2v) is 1.29. The topological polar surface area (TPSA) is 26.3 Å². The van der Waals surface area contributed by atoms with Crippen LogP contribution in [0.4, 0.5) is 4.39 Å². The summed E-state index contributed by atoms with van der Waals surface area (Å²) in [6.07, 6.45) is -1.52. The van der Waals surface area contributed by atoms with Gasteiger partial charge in [-0.2, -0.15) is 0 Å². The van der Waals surface area contributed by atoms with Crippen molar-refractivity contribution in [1.82, 2.24) is 0 Å². The summed E-state index contributed by atoms with van der Waals surface area (Å²) in [6.45, 7) is 3.80. The molecule has 47 valence electrons. The summed E-state index contributed by atoms with van der Waals surface area (Å²) >= 11 is 0. The molecule has 0 aliphatic rings. The van der Waals surface area contributed by atoms with Gasteiger partial charge in [0.1, 0.15) is 6.61 Å². The molecule has 1 atom stereocenters. The first-order valence-electron chi connectivity index (χ1n) is 2.31. The molecule has 0 aromatic heterocycles. The van der Waals surface area contributed by atoms with Crippen molar-refractivity contribution in [2.24, 2.45) is 0 Å². The van der Waals surface area contributed by atoms with Gasteiger partial charge in [0.15, 0.2) is 6.17 Å². The summed E-state index contributed by atoms with van der Waals surface area (Å²) in [4.78, 5) is 10.1. The van der Waals surface area contributed by atoms with Crippen LogP contribution in [0.15, 0.2) is 0 Å². The van der Waals surface area contributed by atoms with Crippen molar-refractivity contribution >= 4 is 5.97 Å². The smallest absolute Gasteiger partial charge is 0.340 e. The van der Waals surface area contributed by atoms with Crippen LogP contribution < -0.4 is 0 Å². The van der Waals surface area contributed by atoms with Crippen molar-refractivity contribution in [3.8, 4) is 0 Å². The minimum atomic E-state index is -1.52. The Labute approximate surface area is 47.6 Å². The van der Waals surface area contributed by atoms with E-state index in [1.54, 1.807) is 0 Å². The fourth-order valence-electron chi connectivity index (χ4n) is 0.210. The molecule has 1 radical (unpaired) electrons. The number of hydrogen-bond acceptors (Lipinski definition) is 2. The van der Waals surface area contributed by atoms with E-state index in [4.69, 9.17) is 0 Å². The molecule has 0 saturated carbocycles. The number of alkyl halides is 1. The van der Waals surface area contributed by atoms with Crippen molar-refractivity contribution in [2.75, 3.05) is 0 Å². The average Bonchev–Trinajstić information content (AvgIpc) is 1.67. The fourth-order valence-corrected chi connectivity index (χ4v) is 0.210. The normalized spacial score (nSPS) is 12.9. The lowest BCUT2D eigenvalue weighted by Crippen LogP contribution is -2.12. The number of esters is 1. The third-order valence-electron chi connectivity index (χ3n) is 0.559. The zero-order valence-electron chi connectivity index (χ0n) is 4.85. The van der Waals surface area contributed by atoms with Gasteiger partial charge in [0.05, 0.1) is 0 Å². The maximum Gasteiger partial charge on any atom is 0.340 e. The van der Waals surface area contributed by atoms with Crippen molar-refractivity contribution in [1.29, 1.82) is 0 Å². The third kappa shape index (κ3) is 2.55. The van der Waals surface area contributed by atoms with E-state index in [9.17, 15) is 9.18 Å². The minimum Gasteiger partial charge on any atom is -0.457 e. The summed E-state index contributed by atoms with van der Waals surface area (Å²) in [5.74, 6) is -0.840. The van der Waals surface area contributed by atoms with Crippen LogP contribution in [-0.2, 0) is 9.53 Å². The number of hydrogen-bond donors (Lipinski definition) is 0. The van der Waals surface area contributed by atoms with Crippen LogP contribution >= 0.6 is 0 Å². The van der Waals surface area contributed by atoms with Crippen LogP contribution in [0, 0.1) is 6.61 Å². The SMILES string of the molecule is C[CH]OC(=O)C(C)F. The van der Waals surface area contributed by atoms with E-state index < -0.39 is 12.1 Å². The molecule has 0 rings (SSSR count). The molecule has 0 aliphatic heterocycles. The van der Waals surface area contributed by atoms with E-state index in [-0.39, 0.29) is 0 Å². The molecule has 8 heavy (non-hydrogen) atoms. The number of carbonyl (C=O) groups is 1. The zero-order valence-corrected chi connectivity index (χ0v) is 4.85. The van der Waals surface area contributed by atoms with Crippen molar-refractivity contribution in [3.05, 3.63) is 6.61 Å². The first kappa shape index (κ1) is 7.40. The molecule has 1 unspecified atom stereocenters. The molecule has 3 heteroatoms. The maximum absolute atomic E-state index is 11.8. The molecule has 2 nitrogen and oxygen atoms in total. The predicted molar refractivity (Wildman–Crippen MR) is 26.6 cm³/mol. The number of carbonyl (C=O) groups excluding carboxylic acids is 1. The second kappa shape index (κ2) is 3.41. The van der Waals surface area contributed by atoms with Crippen molar-refractivity contribution in [3.63, 3.8) is 0 Å². The van der Waals surface area contributed by atoms with E-state index in [1.807, 2.05) is 0 Å². The van der Waals surface area contributed by atoms with Crippen LogP contribution in [0.2, 0.25) is 0 Å². The van der Waals surface area contributed by atoms with Gasteiger partial charge in [-0.3, -0.25) is 0 Å². The number of rotatable bonds is 2. The monoisotopic (exact) mass is 119 g/mol. The Kier molecular flexibility index (Phi) is 3.15. The highest BCUT2D eigenvalue weighted by atomic mass is 19.1. The van der Waals surface area contributed by atoms with Crippen molar-refractivity contribution in [2.45, 2.75) is 20.0 Å². The molecule has 0 N–H and O–H groups in total. The van der Waals surface area contributed by atoms with Crippen molar-refractivity contribution < 1.29 is 13.9 Å². The number of ether oxygens (including phenoxy) is 1. The predicted octanol–water partition coefficient (Wildman–Crippen LogP) is 1.07. The molecule has 0 bridgehead atoms. The summed E-state index contributed by atoms with van der Waals surface area (Å²) in [5.41, 5.74) is 0. The molecular formula is C5H8FO2. The quantitative estimate of drug-likeness (QED) is 0.508. The Bertz CT molecular complexity index is 80.5. The first-order valence-corrected chi connectivity index (χ1v) is 2.31. The second-order valence-electron chi connectivity index (χ2n) is 1.29. The Morgan fingerprint density at radius 2 is 2.38 bits per heavy atom. The molecule has 0 spiro atoms. The Morgan fingerprint density at radius 1 is 1.88 bits per heavy atom. The molecule has 0 aromatic rings. The molecular weight excluding hydrogens is 111 g/mol. The van der Waals surface area contributed by atoms with Gasteiger partial charge in [0, 0.05) is 0 Å². The lowest BCUT2D eigenvalue weighted by atomic mass is 10.5. The highest BCUT2D eigenvalue weighted by molar-refractivity contribution is 5.74. The fraction of sp³-hybridized carbons (Fsp3) is 0.600. The van der Waals surface area contributed by atoms with Gasteiger partial charge in [0.2, 0.25) is 0 Å². The minimum absolute atomic E-state index is 0.840.